The number of thiazole rings is 1. The highest BCUT2D eigenvalue weighted by Crippen LogP contribution is 2.37. The Balaban J connectivity index is 1.64. The Labute approximate surface area is 134 Å². The minimum atomic E-state index is 0.221. The predicted molar refractivity (Wildman–Crippen MR) is 90.4 cm³/mol. The van der Waals surface area contributed by atoms with Gasteiger partial charge in [-0.2, -0.15) is 0 Å². The van der Waals surface area contributed by atoms with Gasteiger partial charge in [0.25, 0.3) is 0 Å². The van der Waals surface area contributed by atoms with Crippen molar-refractivity contribution < 1.29 is 4.79 Å². The lowest BCUT2D eigenvalue weighted by molar-refractivity contribution is -0.129. The van der Waals surface area contributed by atoms with Gasteiger partial charge in [0.1, 0.15) is 0 Å². The summed E-state index contributed by atoms with van der Waals surface area (Å²) in [5, 5.41) is 1.12. The summed E-state index contributed by atoms with van der Waals surface area (Å²) < 4.78 is 1.25. The van der Waals surface area contributed by atoms with Gasteiger partial charge in [-0.25, -0.2) is 4.98 Å². The molecule has 1 aromatic carbocycles. The third kappa shape index (κ3) is 2.28. The zero-order valence-corrected chi connectivity index (χ0v) is 13.7. The molecule has 0 spiro atoms. The number of hydrogen-bond acceptors (Lipinski definition) is 4. The SMILES string of the molecule is CC(=O)N1CCCC1C1CCCN1c1nc2ccccc2s1. The highest BCUT2D eigenvalue weighted by molar-refractivity contribution is 7.22. The van der Waals surface area contributed by atoms with E-state index in [2.05, 4.69) is 28.0 Å². The summed E-state index contributed by atoms with van der Waals surface area (Å²) in [4.78, 5) is 21.3. The third-order valence-electron chi connectivity index (χ3n) is 4.98. The molecule has 116 valence electrons. The lowest BCUT2D eigenvalue weighted by Crippen LogP contribution is -2.47. The lowest BCUT2D eigenvalue weighted by atomic mass is 10.0. The molecule has 0 bridgehead atoms. The van der Waals surface area contributed by atoms with Crippen LogP contribution in [0.25, 0.3) is 10.2 Å². The number of carbonyl (C=O) groups excluding carboxylic acids is 1. The fourth-order valence-corrected chi connectivity index (χ4v) is 5.05. The molecule has 4 rings (SSSR count). The van der Waals surface area contributed by atoms with E-state index in [9.17, 15) is 4.79 Å². The van der Waals surface area contributed by atoms with Crippen LogP contribution in [0.15, 0.2) is 24.3 Å². The molecule has 1 amide bonds. The van der Waals surface area contributed by atoms with Crippen molar-refractivity contribution in [3.63, 3.8) is 0 Å². The number of nitrogens with zero attached hydrogens (tertiary/aromatic N) is 3. The Hall–Kier alpha value is -1.62. The molecule has 4 nitrogen and oxygen atoms in total. The van der Waals surface area contributed by atoms with E-state index in [0.717, 1.165) is 36.6 Å². The van der Waals surface area contributed by atoms with E-state index in [4.69, 9.17) is 4.98 Å². The van der Waals surface area contributed by atoms with Crippen molar-refractivity contribution in [1.82, 2.24) is 9.88 Å². The van der Waals surface area contributed by atoms with Crippen LogP contribution in [-0.2, 0) is 4.79 Å². The number of likely N-dealkylation sites (tertiary alicyclic amines) is 1. The first-order valence-electron chi connectivity index (χ1n) is 8.13. The first-order valence-corrected chi connectivity index (χ1v) is 8.95. The average Bonchev–Trinajstić information content (AvgIpc) is 3.24. The molecule has 2 saturated heterocycles. The zero-order valence-electron chi connectivity index (χ0n) is 12.9. The van der Waals surface area contributed by atoms with E-state index in [1.54, 1.807) is 18.3 Å². The van der Waals surface area contributed by atoms with Crippen LogP contribution >= 0.6 is 11.3 Å². The van der Waals surface area contributed by atoms with Crippen LogP contribution in [0.4, 0.5) is 5.13 Å². The van der Waals surface area contributed by atoms with Crippen LogP contribution < -0.4 is 4.90 Å². The van der Waals surface area contributed by atoms with Crippen molar-refractivity contribution in [1.29, 1.82) is 0 Å². The van der Waals surface area contributed by atoms with Gasteiger partial charge < -0.3 is 9.80 Å². The topological polar surface area (TPSA) is 36.4 Å². The zero-order chi connectivity index (χ0) is 15.1. The first-order chi connectivity index (χ1) is 10.7. The molecule has 22 heavy (non-hydrogen) atoms. The second-order valence-electron chi connectivity index (χ2n) is 6.29. The number of aromatic nitrogens is 1. The quantitative estimate of drug-likeness (QED) is 0.853. The number of amides is 1. The molecule has 0 aliphatic carbocycles. The first kappa shape index (κ1) is 14.0. The summed E-state index contributed by atoms with van der Waals surface area (Å²) in [5.41, 5.74) is 1.09. The summed E-state index contributed by atoms with van der Waals surface area (Å²) in [6.45, 7) is 3.69. The maximum absolute atomic E-state index is 11.9. The Morgan fingerprint density at radius 2 is 1.95 bits per heavy atom. The molecule has 2 aromatic rings. The lowest BCUT2D eigenvalue weighted by Gasteiger charge is -2.34. The molecule has 5 heteroatoms. The van der Waals surface area contributed by atoms with Gasteiger partial charge in [-0.05, 0) is 37.8 Å². The van der Waals surface area contributed by atoms with Crippen LogP contribution in [0.2, 0.25) is 0 Å². The maximum atomic E-state index is 11.9. The van der Waals surface area contributed by atoms with Gasteiger partial charge in [-0.1, -0.05) is 23.5 Å². The minimum Gasteiger partial charge on any atom is -0.343 e. The summed E-state index contributed by atoms with van der Waals surface area (Å²) in [7, 11) is 0. The number of anilines is 1. The van der Waals surface area contributed by atoms with E-state index in [1.807, 2.05) is 6.07 Å². The van der Waals surface area contributed by atoms with E-state index < -0.39 is 0 Å². The van der Waals surface area contributed by atoms with Crippen molar-refractivity contribution in [3.8, 4) is 0 Å². The predicted octanol–water partition coefficient (Wildman–Crippen LogP) is 3.28. The highest BCUT2D eigenvalue weighted by atomic mass is 32.1. The van der Waals surface area contributed by atoms with Crippen LogP contribution in [0.5, 0.6) is 0 Å². The standard InChI is InChI=1S/C17H21N3OS/c1-12(21)19-10-4-7-14(19)15-8-5-11-20(15)17-18-13-6-2-3-9-16(13)22-17/h2-3,6,9,14-15H,4-5,7-8,10-11H2,1H3. The Morgan fingerprint density at radius 1 is 1.18 bits per heavy atom. The van der Waals surface area contributed by atoms with Crippen LogP contribution in [0, 0.1) is 0 Å². The molecular weight excluding hydrogens is 294 g/mol. The van der Waals surface area contributed by atoms with Crippen LogP contribution in [-0.4, -0.2) is 41.0 Å². The fourth-order valence-electron chi connectivity index (χ4n) is 4.00. The summed E-state index contributed by atoms with van der Waals surface area (Å²) in [6, 6.07) is 9.14. The van der Waals surface area contributed by atoms with E-state index >= 15 is 0 Å². The molecular formula is C17H21N3OS. The van der Waals surface area contributed by atoms with E-state index in [1.165, 1.54) is 17.5 Å². The van der Waals surface area contributed by atoms with Gasteiger partial charge in [0, 0.05) is 20.0 Å². The second-order valence-corrected chi connectivity index (χ2v) is 7.30. The number of fused-ring (bicyclic) bond motifs is 1. The van der Waals surface area contributed by atoms with E-state index in [0.29, 0.717) is 12.1 Å². The fraction of sp³-hybridized carbons (Fsp3) is 0.529. The molecule has 2 fully saturated rings. The average molecular weight is 315 g/mol. The highest BCUT2D eigenvalue weighted by Gasteiger charge is 2.39. The van der Waals surface area contributed by atoms with Crippen molar-refractivity contribution >= 4 is 32.6 Å². The Kier molecular flexibility index (Phi) is 3.53. The molecule has 2 atom stereocenters. The maximum Gasteiger partial charge on any atom is 0.219 e. The number of rotatable bonds is 2. The number of benzene rings is 1. The smallest absolute Gasteiger partial charge is 0.219 e. The molecule has 0 saturated carbocycles. The van der Waals surface area contributed by atoms with Gasteiger partial charge >= 0.3 is 0 Å². The Bertz CT molecular complexity index is 665. The van der Waals surface area contributed by atoms with Crippen LogP contribution in [0.1, 0.15) is 32.6 Å². The van der Waals surface area contributed by atoms with Gasteiger partial charge in [0.15, 0.2) is 5.13 Å². The summed E-state index contributed by atoms with van der Waals surface area (Å²) >= 11 is 1.78. The molecule has 2 unspecified atom stereocenters. The normalized spacial score (nSPS) is 25.3. The monoisotopic (exact) mass is 315 g/mol. The van der Waals surface area contributed by atoms with Crippen molar-refractivity contribution in [2.45, 2.75) is 44.7 Å². The van der Waals surface area contributed by atoms with Gasteiger partial charge in [0.05, 0.1) is 22.3 Å². The molecule has 0 N–H and O–H groups in total. The minimum absolute atomic E-state index is 0.221. The number of carbonyl (C=O) groups is 1. The van der Waals surface area contributed by atoms with E-state index in [-0.39, 0.29) is 5.91 Å². The second kappa shape index (κ2) is 5.54. The number of para-hydroxylation sites is 1. The van der Waals surface area contributed by atoms with Gasteiger partial charge in [-0.15, -0.1) is 0 Å². The molecule has 2 aliphatic rings. The van der Waals surface area contributed by atoms with Crippen molar-refractivity contribution in [3.05, 3.63) is 24.3 Å². The molecule has 3 heterocycles. The molecule has 1 aromatic heterocycles. The van der Waals surface area contributed by atoms with Crippen molar-refractivity contribution in [2.75, 3.05) is 18.0 Å². The molecule has 2 aliphatic heterocycles. The Morgan fingerprint density at radius 3 is 2.77 bits per heavy atom. The molecule has 0 radical (unpaired) electrons. The largest absolute Gasteiger partial charge is 0.343 e. The summed E-state index contributed by atoms with van der Waals surface area (Å²) in [5.74, 6) is 0.221. The van der Waals surface area contributed by atoms with Gasteiger partial charge in [-0.3, -0.25) is 4.79 Å². The van der Waals surface area contributed by atoms with Crippen molar-refractivity contribution in [2.24, 2.45) is 0 Å². The summed E-state index contributed by atoms with van der Waals surface area (Å²) in [6.07, 6.45) is 4.63. The van der Waals surface area contributed by atoms with Crippen LogP contribution in [0.3, 0.4) is 0 Å². The number of hydrogen-bond donors (Lipinski definition) is 0. The van der Waals surface area contributed by atoms with Gasteiger partial charge in [0.2, 0.25) is 5.91 Å². The third-order valence-corrected chi connectivity index (χ3v) is 6.05.